The zero-order valence-corrected chi connectivity index (χ0v) is 27.2. The van der Waals surface area contributed by atoms with Crippen LogP contribution in [-0.2, 0) is 4.74 Å². The number of rotatable bonds is 2. The van der Waals surface area contributed by atoms with Gasteiger partial charge in [0, 0.05) is 43.4 Å². The average Bonchev–Trinajstić information content (AvgIpc) is 3.86. The van der Waals surface area contributed by atoms with Crippen LogP contribution < -0.4 is 20.1 Å². The van der Waals surface area contributed by atoms with Gasteiger partial charge in [-0.1, -0.05) is 0 Å². The van der Waals surface area contributed by atoms with Crippen LogP contribution in [0.2, 0.25) is 0 Å². The van der Waals surface area contributed by atoms with E-state index >= 15 is 13.2 Å². The molecule has 0 spiro atoms. The van der Waals surface area contributed by atoms with Gasteiger partial charge in [-0.25, -0.2) is 32.3 Å². The number of anilines is 1. The maximum Gasteiger partial charge on any atom is 0.410 e. The van der Waals surface area contributed by atoms with Crippen molar-refractivity contribution in [2.75, 3.05) is 31.2 Å². The van der Waals surface area contributed by atoms with Crippen LogP contribution in [0.5, 0.6) is 11.5 Å². The van der Waals surface area contributed by atoms with Gasteiger partial charge in [-0.05, 0) is 65.7 Å². The summed E-state index contributed by atoms with van der Waals surface area (Å²) in [5, 5.41) is 0.147. The van der Waals surface area contributed by atoms with Gasteiger partial charge in [-0.2, -0.15) is 4.98 Å². The SMILES string of the molecule is C[C@H]1CN(c2nc(=O)n3c4nc(c(F)cc24)-c2c(F)ccc(F)c2OCCOc2ccnc(C4CC4)c2-3)[C@@H](C)CN1C(=O)OC(C)(C)C. The first-order chi connectivity index (χ1) is 22.8. The van der Waals surface area contributed by atoms with Gasteiger partial charge in [-0.15, -0.1) is 0 Å². The average molecular weight is 665 g/mol. The highest BCUT2D eigenvalue weighted by Crippen LogP contribution is 2.45. The van der Waals surface area contributed by atoms with Crippen LogP contribution in [0, 0.1) is 17.5 Å². The fraction of sp³-hybridized carbons (Fsp3) is 0.441. The molecule has 0 unspecified atom stereocenters. The number of fused-ring (bicyclic) bond motifs is 5. The highest BCUT2D eigenvalue weighted by Gasteiger charge is 2.38. The lowest BCUT2D eigenvalue weighted by Gasteiger charge is -2.44. The monoisotopic (exact) mass is 664 g/mol. The molecule has 11 nitrogen and oxygen atoms in total. The highest BCUT2D eigenvalue weighted by molar-refractivity contribution is 5.91. The molecule has 1 aromatic carbocycles. The minimum atomic E-state index is -0.972. The molecule has 1 saturated heterocycles. The molecular formula is C34H35F3N6O5. The van der Waals surface area contributed by atoms with Gasteiger partial charge in [0.1, 0.15) is 47.6 Å². The summed E-state index contributed by atoms with van der Waals surface area (Å²) >= 11 is 0. The lowest BCUT2D eigenvalue weighted by atomic mass is 10.1. The van der Waals surface area contributed by atoms with Crippen LogP contribution in [-0.4, -0.2) is 74.5 Å². The Kier molecular flexibility index (Phi) is 7.71. The van der Waals surface area contributed by atoms with Crippen LogP contribution in [0.3, 0.4) is 0 Å². The Morgan fingerprint density at radius 1 is 0.958 bits per heavy atom. The summed E-state index contributed by atoms with van der Waals surface area (Å²) in [6, 6.07) is 3.73. The summed E-state index contributed by atoms with van der Waals surface area (Å²) in [5.41, 5.74) is -1.65. The van der Waals surface area contributed by atoms with Gasteiger partial charge in [0.05, 0.1) is 16.6 Å². The number of aromatic nitrogens is 4. The number of benzene rings is 1. The third-order valence-corrected chi connectivity index (χ3v) is 8.67. The van der Waals surface area contributed by atoms with Crippen molar-refractivity contribution in [2.24, 2.45) is 0 Å². The number of carbonyl (C=O) groups is 1. The van der Waals surface area contributed by atoms with Crippen molar-refractivity contribution in [1.29, 1.82) is 0 Å². The normalized spacial score (nSPS) is 19.5. The number of carbonyl (C=O) groups excluding carboxylic acids is 1. The molecule has 2 atom stereocenters. The van der Waals surface area contributed by atoms with Crippen LogP contribution >= 0.6 is 0 Å². The molecule has 7 rings (SSSR count). The van der Waals surface area contributed by atoms with Gasteiger partial charge >= 0.3 is 11.8 Å². The van der Waals surface area contributed by atoms with Crippen LogP contribution in [0.25, 0.3) is 28.0 Å². The summed E-state index contributed by atoms with van der Waals surface area (Å²) in [4.78, 5) is 44.4. The first-order valence-corrected chi connectivity index (χ1v) is 15.9. The fourth-order valence-corrected chi connectivity index (χ4v) is 6.34. The minimum Gasteiger partial charge on any atom is -0.488 e. The number of hydrogen-bond acceptors (Lipinski definition) is 9. The molecule has 2 aliphatic heterocycles. The molecule has 252 valence electrons. The Labute approximate surface area is 274 Å². The molecule has 0 radical (unpaired) electrons. The van der Waals surface area contributed by atoms with E-state index < -0.39 is 51.8 Å². The van der Waals surface area contributed by atoms with E-state index in [1.807, 2.05) is 18.7 Å². The third kappa shape index (κ3) is 5.56. The molecule has 3 aromatic heterocycles. The van der Waals surface area contributed by atoms with Crippen molar-refractivity contribution in [3.8, 4) is 28.4 Å². The van der Waals surface area contributed by atoms with Crippen molar-refractivity contribution in [3.63, 3.8) is 0 Å². The van der Waals surface area contributed by atoms with Crippen molar-refractivity contribution in [1.82, 2.24) is 24.4 Å². The molecule has 0 N–H and O–H groups in total. The van der Waals surface area contributed by atoms with E-state index in [0.717, 1.165) is 31.0 Å². The second-order valence-corrected chi connectivity index (χ2v) is 13.5. The van der Waals surface area contributed by atoms with E-state index in [1.165, 1.54) is 4.57 Å². The Hall–Kier alpha value is -4.88. The maximum atomic E-state index is 16.3. The summed E-state index contributed by atoms with van der Waals surface area (Å²) in [5.74, 6) is -2.90. The summed E-state index contributed by atoms with van der Waals surface area (Å²) in [6.45, 7) is 9.24. The van der Waals surface area contributed by atoms with Gasteiger partial charge in [0.2, 0.25) is 0 Å². The molecule has 1 saturated carbocycles. The molecule has 2 fully saturated rings. The quantitative estimate of drug-likeness (QED) is 0.265. The predicted molar refractivity (Wildman–Crippen MR) is 170 cm³/mol. The molecule has 4 aromatic rings. The van der Waals surface area contributed by atoms with Crippen LogP contribution in [0.1, 0.15) is 59.1 Å². The Morgan fingerprint density at radius 2 is 1.69 bits per heavy atom. The fourth-order valence-electron chi connectivity index (χ4n) is 6.34. The number of halogens is 3. The van der Waals surface area contributed by atoms with Crippen molar-refractivity contribution >= 4 is 22.9 Å². The van der Waals surface area contributed by atoms with E-state index in [4.69, 9.17) is 14.2 Å². The lowest BCUT2D eigenvalue weighted by molar-refractivity contribution is 0.0130. The summed E-state index contributed by atoms with van der Waals surface area (Å²) < 4.78 is 65.4. The third-order valence-electron chi connectivity index (χ3n) is 8.67. The first-order valence-electron chi connectivity index (χ1n) is 15.9. The minimum absolute atomic E-state index is 0.0447. The Bertz CT molecular complexity index is 2010. The van der Waals surface area contributed by atoms with Gasteiger partial charge in [0.15, 0.2) is 23.0 Å². The number of ether oxygens (including phenoxy) is 3. The number of piperazine rings is 1. The van der Waals surface area contributed by atoms with E-state index in [9.17, 15) is 9.59 Å². The predicted octanol–water partition coefficient (Wildman–Crippen LogP) is 5.74. The lowest BCUT2D eigenvalue weighted by Crippen LogP contribution is -2.59. The van der Waals surface area contributed by atoms with Crippen LogP contribution in [0.15, 0.2) is 35.3 Å². The first kappa shape index (κ1) is 31.7. The van der Waals surface area contributed by atoms with E-state index in [1.54, 1.807) is 37.9 Å². The molecule has 14 heteroatoms. The standard InChI is InChI=1S/C34H35F3N6O5/c1-17-16-42(33(45)48-34(3,4)5)18(2)15-41(17)30-20-14-23(37)27-25-21(35)8-9-22(36)29(25)47-13-12-46-24-10-11-38-26(19-6-7-19)28(24)43(31(20)39-27)32(44)40-30/h8-11,14,17-19H,6-7,12-13,15-16H2,1-5H3/t17-,18-/m0/s1. The molecule has 2 bridgehead atoms. The van der Waals surface area contributed by atoms with E-state index in [0.29, 0.717) is 11.4 Å². The number of nitrogens with zero attached hydrogens (tertiary/aromatic N) is 6. The van der Waals surface area contributed by atoms with E-state index in [2.05, 4.69) is 15.0 Å². The molecule has 48 heavy (non-hydrogen) atoms. The smallest absolute Gasteiger partial charge is 0.410 e. The zero-order valence-electron chi connectivity index (χ0n) is 27.2. The van der Waals surface area contributed by atoms with Crippen molar-refractivity contribution < 1.29 is 32.2 Å². The van der Waals surface area contributed by atoms with Crippen molar-refractivity contribution in [2.45, 2.75) is 71.1 Å². The van der Waals surface area contributed by atoms with Gasteiger partial charge in [0.25, 0.3) is 0 Å². The van der Waals surface area contributed by atoms with Crippen LogP contribution in [0.4, 0.5) is 23.8 Å². The van der Waals surface area contributed by atoms with Crippen molar-refractivity contribution in [3.05, 3.63) is 64.1 Å². The Balaban J connectivity index is 1.47. The molecule has 1 aliphatic carbocycles. The molecular weight excluding hydrogens is 629 g/mol. The topological polar surface area (TPSA) is 112 Å². The number of amides is 1. The second kappa shape index (κ2) is 11.7. The summed E-state index contributed by atoms with van der Waals surface area (Å²) in [7, 11) is 0. The maximum absolute atomic E-state index is 16.3. The molecule has 5 heterocycles. The molecule has 1 amide bonds. The van der Waals surface area contributed by atoms with Gasteiger partial charge in [-0.3, -0.25) is 4.98 Å². The summed E-state index contributed by atoms with van der Waals surface area (Å²) in [6.07, 6.45) is 2.78. The molecule has 3 aliphatic rings. The van der Waals surface area contributed by atoms with E-state index in [-0.39, 0.29) is 66.9 Å². The zero-order chi connectivity index (χ0) is 34.1. The number of pyridine rings is 2. The second-order valence-electron chi connectivity index (χ2n) is 13.5. The Morgan fingerprint density at radius 3 is 2.42 bits per heavy atom. The highest BCUT2D eigenvalue weighted by atomic mass is 19.1. The number of hydrogen-bond donors (Lipinski definition) is 0. The van der Waals surface area contributed by atoms with Gasteiger partial charge < -0.3 is 24.0 Å². The largest absolute Gasteiger partial charge is 0.488 e.